The van der Waals surface area contributed by atoms with E-state index in [0.29, 0.717) is 12.5 Å². The number of hydrogen-bond acceptors (Lipinski definition) is 1. The van der Waals surface area contributed by atoms with Gasteiger partial charge < -0.3 is 11.1 Å². The minimum absolute atomic E-state index is 0. The van der Waals surface area contributed by atoms with Crippen LogP contribution in [0.15, 0.2) is 17.6 Å². The third-order valence-electron chi connectivity index (χ3n) is 4.09. The van der Waals surface area contributed by atoms with Gasteiger partial charge in [0.15, 0.2) is 5.96 Å². The summed E-state index contributed by atoms with van der Waals surface area (Å²) in [5.41, 5.74) is 5.71. The molecular weight excluding hydrogens is 325 g/mol. The quantitative estimate of drug-likeness (QED) is 0.347. The van der Waals surface area contributed by atoms with Gasteiger partial charge in [0.05, 0.1) is 0 Å². The average Bonchev–Trinajstić information content (AvgIpc) is 2.88. The van der Waals surface area contributed by atoms with Crippen molar-refractivity contribution in [3.8, 4) is 0 Å². The van der Waals surface area contributed by atoms with Crippen molar-refractivity contribution in [1.29, 1.82) is 0 Å². The number of rotatable bonds is 5. The van der Waals surface area contributed by atoms with Gasteiger partial charge in [0.1, 0.15) is 0 Å². The largest absolute Gasteiger partial charge is 0.370 e. The Morgan fingerprint density at radius 3 is 2.82 bits per heavy atom. The molecule has 2 aliphatic rings. The van der Waals surface area contributed by atoms with Crippen LogP contribution in [0, 0.1) is 17.8 Å². The monoisotopic (exact) mass is 349 g/mol. The molecule has 0 amide bonds. The fraction of sp³-hybridized carbons (Fsp3) is 0.769. The summed E-state index contributed by atoms with van der Waals surface area (Å²) in [5.74, 6) is 3.52. The minimum atomic E-state index is 0. The first-order valence-electron chi connectivity index (χ1n) is 6.44. The highest BCUT2D eigenvalue weighted by Gasteiger charge is 2.38. The van der Waals surface area contributed by atoms with Crippen LogP contribution in [0.5, 0.6) is 0 Å². The van der Waals surface area contributed by atoms with E-state index in [1.165, 1.54) is 32.1 Å². The van der Waals surface area contributed by atoms with E-state index in [1.54, 1.807) is 6.08 Å². The summed E-state index contributed by atoms with van der Waals surface area (Å²) in [4.78, 5) is 4.34. The van der Waals surface area contributed by atoms with Crippen molar-refractivity contribution in [2.45, 2.75) is 32.1 Å². The number of fused-ring (bicyclic) bond motifs is 2. The molecule has 3 unspecified atom stereocenters. The first kappa shape index (κ1) is 14.8. The molecule has 0 radical (unpaired) electrons. The molecule has 0 spiro atoms. The average molecular weight is 349 g/mol. The summed E-state index contributed by atoms with van der Waals surface area (Å²) >= 11 is 0. The van der Waals surface area contributed by atoms with Crippen LogP contribution in [0.3, 0.4) is 0 Å². The van der Waals surface area contributed by atoms with Crippen LogP contribution < -0.4 is 11.1 Å². The number of nitrogens with one attached hydrogen (secondary N) is 1. The molecule has 2 bridgehead atoms. The maximum Gasteiger partial charge on any atom is 0.188 e. The van der Waals surface area contributed by atoms with Crippen molar-refractivity contribution in [3.05, 3.63) is 12.7 Å². The maximum absolute atomic E-state index is 5.71. The van der Waals surface area contributed by atoms with E-state index >= 15 is 0 Å². The molecule has 0 aliphatic heterocycles. The van der Waals surface area contributed by atoms with Gasteiger partial charge >= 0.3 is 0 Å². The number of nitrogens with two attached hydrogens (primary N) is 1. The van der Waals surface area contributed by atoms with E-state index in [-0.39, 0.29) is 24.0 Å². The lowest BCUT2D eigenvalue weighted by Crippen LogP contribution is -2.31. The highest BCUT2D eigenvalue weighted by atomic mass is 127. The molecule has 3 nitrogen and oxygen atoms in total. The Morgan fingerprint density at radius 1 is 1.41 bits per heavy atom. The predicted molar refractivity (Wildman–Crippen MR) is 83.7 cm³/mol. The summed E-state index contributed by atoms with van der Waals surface area (Å²) in [7, 11) is 0. The lowest BCUT2D eigenvalue weighted by Gasteiger charge is -2.20. The number of aliphatic imine (C=N–C) groups is 1. The van der Waals surface area contributed by atoms with Gasteiger partial charge in [-0.15, -0.1) is 30.6 Å². The van der Waals surface area contributed by atoms with Gasteiger partial charge in [0, 0.05) is 13.1 Å². The van der Waals surface area contributed by atoms with Crippen molar-refractivity contribution in [1.82, 2.24) is 5.32 Å². The molecule has 4 heteroatoms. The van der Waals surface area contributed by atoms with Gasteiger partial charge in [-0.2, -0.15) is 0 Å². The van der Waals surface area contributed by atoms with E-state index in [4.69, 9.17) is 5.73 Å². The normalized spacial score (nSPS) is 31.1. The number of halogens is 1. The van der Waals surface area contributed by atoms with Crippen LogP contribution in [-0.2, 0) is 0 Å². The topological polar surface area (TPSA) is 50.4 Å². The lowest BCUT2D eigenvalue weighted by atomic mass is 9.86. The maximum atomic E-state index is 5.71. The van der Waals surface area contributed by atoms with Crippen LogP contribution in [0.2, 0.25) is 0 Å². The molecule has 2 saturated carbocycles. The highest BCUT2D eigenvalue weighted by Crippen LogP contribution is 2.49. The minimum Gasteiger partial charge on any atom is -0.370 e. The van der Waals surface area contributed by atoms with E-state index < -0.39 is 0 Å². The molecule has 3 N–H and O–H groups in total. The van der Waals surface area contributed by atoms with Crippen LogP contribution in [0.25, 0.3) is 0 Å². The second-order valence-corrected chi connectivity index (χ2v) is 5.16. The first-order chi connectivity index (χ1) is 7.79. The van der Waals surface area contributed by atoms with Gasteiger partial charge in [-0.05, 0) is 43.4 Å². The predicted octanol–water partition coefficient (Wildman–Crippen LogP) is 2.52. The van der Waals surface area contributed by atoms with Crippen molar-refractivity contribution >= 4 is 29.9 Å². The Morgan fingerprint density at radius 2 is 2.24 bits per heavy atom. The summed E-state index contributed by atoms with van der Waals surface area (Å²) in [6.45, 7) is 5.21. The molecule has 2 fully saturated rings. The fourth-order valence-corrected chi connectivity index (χ4v) is 3.31. The molecule has 2 rings (SSSR count). The van der Waals surface area contributed by atoms with Gasteiger partial charge in [-0.1, -0.05) is 12.5 Å². The van der Waals surface area contributed by atoms with E-state index in [0.717, 1.165) is 24.3 Å². The number of hydrogen-bond donors (Lipinski definition) is 2. The van der Waals surface area contributed by atoms with E-state index in [2.05, 4.69) is 16.9 Å². The van der Waals surface area contributed by atoms with Crippen LogP contribution >= 0.6 is 24.0 Å². The first-order valence-corrected chi connectivity index (χ1v) is 6.44. The summed E-state index contributed by atoms with van der Waals surface area (Å²) in [5, 5.41) is 3.00. The van der Waals surface area contributed by atoms with Crippen LogP contribution in [0.1, 0.15) is 32.1 Å². The van der Waals surface area contributed by atoms with Gasteiger partial charge in [-0.25, -0.2) is 0 Å². The number of nitrogens with zero attached hydrogens (tertiary/aromatic N) is 1. The van der Waals surface area contributed by atoms with Crippen LogP contribution in [-0.4, -0.2) is 19.0 Å². The van der Waals surface area contributed by atoms with E-state index in [9.17, 15) is 0 Å². The third-order valence-corrected chi connectivity index (χ3v) is 4.09. The molecule has 0 heterocycles. The summed E-state index contributed by atoms with van der Waals surface area (Å²) < 4.78 is 0. The molecule has 0 aromatic carbocycles. The smallest absolute Gasteiger partial charge is 0.188 e. The van der Waals surface area contributed by atoms with Gasteiger partial charge in [0.25, 0.3) is 0 Å². The van der Waals surface area contributed by atoms with Crippen molar-refractivity contribution in [2.24, 2.45) is 28.5 Å². The van der Waals surface area contributed by atoms with E-state index in [1.807, 2.05) is 0 Å². The number of guanidine groups is 1. The Kier molecular flexibility index (Phi) is 6.30. The Bertz CT molecular complexity index is 278. The molecule has 0 saturated heterocycles. The fourth-order valence-electron chi connectivity index (χ4n) is 3.31. The van der Waals surface area contributed by atoms with Crippen molar-refractivity contribution < 1.29 is 0 Å². The summed E-state index contributed by atoms with van der Waals surface area (Å²) in [6, 6.07) is 0. The standard InChI is InChI=1S/C13H23N3.HI/c1-2-6-15-13(14)16-7-5-12-9-10-3-4-11(12)8-10;/h2,10-12H,1,3-9H2,(H3,14,15,16);1H. The molecule has 0 aromatic rings. The third kappa shape index (κ3) is 4.16. The molecule has 2 aliphatic carbocycles. The molecular formula is C13H24IN3. The molecule has 98 valence electrons. The highest BCUT2D eigenvalue weighted by molar-refractivity contribution is 14.0. The second kappa shape index (κ2) is 7.24. The SMILES string of the molecule is C=CCNC(N)=NCCC1CC2CCC1C2.I. The van der Waals surface area contributed by atoms with Gasteiger partial charge in [-0.3, -0.25) is 4.99 Å². The lowest BCUT2D eigenvalue weighted by molar-refractivity contribution is 0.318. The summed E-state index contributed by atoms with van der Waals surface area (Å²) in [6.07, 6.45) is 8.88. The zero-order valence-electron chi connectivity index (χ0n) is 10.4. The molecule has 0 aromatic heterocycles. The van der Waals surface area contributed by atoms with Crippen LogP contribution in [0.4, 0.5) is 0 Å². The Balaban J connectivity index is 0.00000144. The Hall–Kier alpha value is -0.260. The van der Waals surface area contributed by atoms with Crippen molar-refractivity contribution in [3.63, 3.8) is 0 Å². The second-order valence-electron chi connectivity index (χ2n) is 5.16. The Labute approximate surface area is 121 Å². The van der Waals surface area contributed by atoms with Crippen molar-refractivity contribution in [2.75, 3.05) is 13.1 Å². The molecule has 17 heavy (non-hydrogen) atoms. The molecule has 3 atom stereocenters. The zero-order valence-corrected chi connectivity index (χ0v) is 12.7. The zero-order chi connectivity index (χ0) is 11.4. The van der Waals surface area contributed by atoms with Gasteiger partial charge in [0.2, 0.25) is 0 Å².